The minimum absolute atomic E-state index is 0.370. The standard InChI is InChI=1S/C59H48N4/c1-37(2)41-19-27-44(28-20-41)62(43-23-15-39(35-60)16-24-43)47-31-32-52-53(33-47)48-11-7-9-13-50(48)57-56-51-14-10-8-12-49(51)55(34-54(56)59(5,6)58(52)57)63(45-25-17-40(36-61)18-26-45)46-29-21-42(22-30-46)38(3)4/h7-34,37-38H,1-6H3. The van der Waals surface area contributed by atoms with Crippen LogP contribution in [0.5, 0.6) is 0 Å². The van der Waals surface area contributed by atoms with E-state index in [-0.39, 0.29) is 5.41 Å². The monoisotopic (exact) mass is 812 g/mol. The van der Waals surface area contributed by atoms with Crippen molar-refractivity contribution in [3.63, 3.8) is 0 Å². The number of anilines is 6. The summed E-state index contributed by atoms with van der Waals surface area (Å²) in [5.74, 6) is 0.839. The van der Waals surface area contributed by atoms with E-state index in [2.05, 4.69) is 197 Å². The van der Waals surface area contributed by atoms with E-state index in [1.807, 2.05) is 36.4 Å². The molecule has 0 N–H and O–H groups in total. The maximum Gasteiger partial charge on any atom is 0.0991 e. The van der Waals surface area contributed by atoms with Crippen molar-refractivity contribution in [2.75, 3.05) is 9.80 Å². The van der Waals surface area contributed by atoms with Crippen LogP contribution in [0.3, 0.4) is 0 Å². The van der Waals surface area contributed by atoms with Gasteiger partial charge in [0.1, 0.15) is 0 Å². The molecule has 9 aromatic rings. The maximum atomic E-state index is 9.74. The summed E-state index contributed by atoms with van der Waals surface area (Å²) in [6.45, 7) is 13.7. The smallest absolute Gasteiger partial charge is 0.0991 e. The van der Waals surface area contributed by atoms with Gasteiger partial charge in [-0.05, 0) is 163 Å². The first-order chi connectivity index (χ1) is 30.6. The van der Waals surface area contributed by atoms with Crippen LogP contribution in [0.1, 0.15) is 86.8 Å². The Kier molecular flexibility index (Phi) is 9.62. The number of hydrogen-bond donors (Lipinski definition) is 0. The van der Waals surface area contributed by atoms with Gasteiger partial charge in [0.05, 0.1) is 29.0 Å². The first-order valence-electron chi connectivity index (χ1n) is 21.9. The highest BCUT2D eigenvalue weighted by Gasteiger charge is 2.41. The molecule has 0 unspecified atom stereocenters. The molecule has 0 fully saturated rings. The highest BCUT2D eigenvalue weighted by atomic mass is 15.1. The van der Waals surface area contributed by atoms with Crippen molar-refractivity contribution in [3.8, 4) is 23.3 Å². The van der Waals surface area contributed by atoms with Gasteiger partial charge in [0.2, 0.25) is 0 Å². The van der Waals surface area contributed by atoms with Crippen molar-refractivity contribution < 1.29 is 0 Å². The van der Waals surface area contributed by atoms with Crippen LogP contribution in [-0.4, -0.2) is 0 Å². The van der Waals surface area contributed by atoms with Crippen molar-refractivity contribution in [1.82, 2.24) is 0 Å². The van der Waals surface area contributed by atoms with E-state index in [9.17, 15) is 10.5 Å². The van der Waals surface area contributed by atoms with Crippen LogP contribution in [0.2, 0.25) is 0 Å². The summed E-state index contributed by atoms with van der Waals surface area (Å²) in [6, 6.07) is 65.4. The van der Waals surface area contributed by atoms with E-state index in [4.69, 9.17) is 0 Å². The molecule has 0 aliphatic heterocycles. The molecule has 9 aromatic carbocycles. The molecule has 0 atom stereocenters. The lowest BCUT2D eigenvalue weighted by atomic mass is 9.79. The summed E-state index contributed by atoms with van der Waals surface area (Å²) in [5, 5.41) is 26.7. The normalized spacial score (nSPS) is 12.7. The number of nitrogens with zero attached hydrogens (tertiary/aromatic N) is 4. The van der Waals surface area contributed by atoms with Crippen molar-refractivity contribution >= 4 is 66.4 Å². The average Bonchev–Trinajstić information content (AvgIpc) is 3.56. The molecule has 1 aliphatic rings. The van der Waals surface area contributed by atoms with Crippen molar-refractivity contribution in [2.24, 2.45) is 0 Å². The van der Waals surface area contributed by atoms with Crippen LogP contribution < -0.4 is 9.80 Å². The molecule has 0 spiro atoms. The van der Waals surface area contributed by atoms with Crippen molar-refractivity contribution in [2.45, 2.75) is 58.8 Å². The van der Waals surface area contributed by atoms with Crippen LogP contribution in [0.25, 0.3) is 43.4 Å². The molecule has 0 amide bonds. The maximum absolute atomic E-state index is 9.74. The van der Waals surface area contributed by atoms with Gasteiger partial charge in [0.25, 0.3) is 0 Å². The predicted octanol–water partition coefficient (Wildman–Crippen LogP) is 16.4. The van der Waals surface area contributed by atoms with Gasteiger partial charge >= 0.3 is 0 Å². The first-order valence-corrected chi connectivity index (χ1v) is 21.9. The lowest BCUT2D eigenvalue weighted by Gasteiger charge is -2.30. The largest absolute Gasteiger partial charge is 0.310 e. The van der Waals surface area contributed by atoms with Gasteiger partial charge in [-0.25, -0.2) is 0 Å². The van der Waals surface area contributed by atoms with Crippen LogP contribution in [-0.2, 0) is 5.41 Å². The number of benzene rings is 9. The topological polar surface area (TPSA) is 54.1 Å². The zero-order valence-electron chi connectivity index (χ0n) is 36.6. The Balaban J connectivity index is 1.22. The highest BCUT2D eigenvalue weighted by Crippen LogP contribution is 2.59. The lowest BCUT2D eigenvalue weighted by molar-refractivity contribution is 0.667. The highest BCUT2D eigenvalue weighted by molar-refractivity contribution is 6.23. The molecule has 0 bridgehead atoms. The molecule has 10 rings (SSSR count). The van der Waals surface area contributed by atoms with E-state index in [1.165, 1.54) is 65.7 Å². The van der Waals surface area contributed by atoms with Crippen molar-refractivity contribution in [3.05, 3.63) is 203 Å². The number of hydrogen-bond acceptors (Lipinski definition) is 4. The van der Waals surface area contributed by atoms with E-state index in [0.717, 1.165) is 34.1 Å². The summed E-state index contributed by atoms with van der Waals surface area (Å²) in [4.78, 5) is 4.67. The van der Waals surface area contributed by atoms with Crippen LogP contribution in [0, 0.1) is 22.7 Å². The molecule has 304 valence electrons. The van der Waals surface area contributed by atoms with Gasteiger partial charge in [-0.15, -0.1) is 0 Å². The summed E-state index contributed by atoms with van der Waals surface area (Å²) in [5.41, 5.74) is 15.0. The van der Waals surface area contributed by atoms with Crippen LogP contribution in [0.15, 0.2) is 170 Å². The molecular weight excluding hydrogens is 765 g/mol. The quantitative estimate of drug-likeness (QED) is 0.143. The van der Waals surface area contributed by atoms with E-state index in [1.54, 1.807) is 0 Å². The Labute approximate surface area is 370 Å². The number of fused-ring (bicyclic) bond motifs is 10. The molecular formula is C59H48N4. The third kappa shape index (κ3) is 6.50. The van der Waals surface area contributed by atoms with Crippen LogP contribution >= 0.6 is 0 Å². The average molecular weight is 813 g/mol. The predicted molar refractivity (Wildman–Crippen MR) is 263 cm³/mol. The minimum Gasteiger partial charge on any atom is -0.310 e. The molecule has 4 nitrogen and oxygen atoms in total. The Morgan fingerprint density at radius 3 is 1.33 bits per heavy atom. The van der Waals surface area contributed by atoms with Gasteiger partial charge in [0.15, 0.2) is 0 Å². The molecule has 4 heteroatoms. The van der Waals surface area contributed by atoms with Gasteiger partial charge in [-0.1, -0.05) is 120 Å². The Bertz CT molecular complexity index is 3310. The first kappa shape index (κ1) is 39.5. The molecule has 0 aromatic heterocycles. The second kappa shape index (κ2) is 15.4. The Morgan fingerprint density at radius 1 is 0.413 bits per heavy atom. The fourth-order valence-electron chi connectivity index (χ4n) is 9.93. The molecule has 0 heterocycles. The third-order valence-corrected chi connectivity index (χ3v) is 13.2. The summed E-state index contributed by atoms with van der Waals surface area (Å²) < 4.78 is 0. The van der Waals surface area contributed by atoms with E-state index < -0.39 is 0 Å². The zero-order valence-corrected chi connectivity index (χ0v) is 36.6. The summed E-state index contributed by atoms with van der Waals surface area (Å²) in [6.07, 6.45) is 0. The van der Waals surface area contributed by atoms with E-state index >= 15 is 0 Å². The lowest BCUT2D eigenvalue weighted by Crippen LogP contribution is -2.17. The van der Waals surface area contributed by atoms with E-state index in [0.29, 0.717) is 23.0 Å². The van der Waals surface area contributed by atoms with Crippen molar-refractivity contribution in [1.29, 1.82) is 10.5 Å². The molecule has 63 heavy (non-hydrogen) atoms. The third-order valence-electron chi connectivity index (χ3n) is 13.2. The van der Waals surface area contributed by atoms with Crippen LogP contribution in [0.4, 0.5) is 34.1 Å². The zero-order chi connectivity index (χ0) is 43.6. The number of nitriles is 2. The van der Waals surface area contributed by atoms with Gasteiger partial charge in [-0.3, -0.25) is 0 Å². The molecule has 1 aliphatic carbocycles. The second-order valence-electron chi connectivity index (χ2n) is 18.0. The fourth-order valence-corrected chi connectivity index (χ4v) is 9.93. The molecule has 0 radical (unpaired) electrons. The second-order valence-corrected chi connectivity index (χ2v) is 18.0. The van der Waals surface area contributed by atoms with Gasteiger partial charge < -0.3 is 9.80 Å². The Hall–Kier alpha value is -7.66. The minimum atomic E-state index is -0.370. The number of rotatable bonds is 8. The SMILES string of the molecule is CC(C)c1ccc(N(c2ccc(C#N)cc2)c2ccc3c4c(c5ccccc5c3c2)-c2c(cc(N(c3ccc(C#N)cc3)c3ccc(C(C)C)cc3)c3ccccc23)C4(C)C)cc1. The van der Waals surface area contributed by atoms with Gasteiger partial charge in [0, 0.05) is 39.2 Å². The fraction of sp³-hybridized carbons (Fsp3) is 0.153. The molecule has 0 saturated heterocycles. The molecule has 0 saturated carbocycles. The van der Waals surface area contributed by atoms with Gasteiger partial charge in [-0.2, -0.15) is 10.5 Å². The summed E-state index contributed by atoms with van der Waals surface area (Å²) >= 11 is 0. The summed E-state index contributed by atoms with van der Waals surface area (Å²) in [7, 11) is 0. The Morgan fingerprint density at radius 2 is 0.841 bits per heavy atom.